The molecule has 1 fully saturated rings. The lowest BCUT2D eigenvalue weighted by atomic mass is 10.0. The Balaban J connectivity index is 0.00000261. The smallest absolute Gasteiger partial charge is 0.272 e. The third-order valence-electron chi connectivity index (χ3n) is 4.68. The van der Waals surface area contributed by atoms with Crippen LogP contribution in [-0.2, 0) is 0 Å². The zero-order valence-corrected chi connectivity index (χ0v) is 15.9. The summed E-state index contributed by atoms with van der Waals surface area (Å²) in [6.45, 7) is 3.80. The monoisotopic (exact) mass is 393 g/mol. The van der Waals surface area contributed by atoms with Crippen molar-refractivity contribution >= 4 is 24.0 Å². The number of hydrogen-bond donors (Lipinski definition) is 2. The van der Waals surface area contributed by atoms with Gasteiger partial charge in [0.15, 0.2) is 0 Å². The molecule has 0 spiro atoms. The predicted octanol–water partition coefficient (Wildman–Crippen LogP) is 3.02. The van der Waals surface area contributed by atoms with Crippen molar-refractivity contribution < 1.29 is 9.72 Å². The van der Waals surface area contributed by atoms with Crippen LogP contribution in [0.2, 0.25) is 0 Å². The van der Waals surface area contributed by atoms with Crippen LogP contribution in [0.4, 0.5) is 5.69 Å². The molecule has 27 heavy (non-hydrogen) atoms. The summed E-state index contributed by atoms with van der Waals surface area (Å²) < 4.78 is 1.84. The van der Waals surface area contributed by atoms with Crippen LogP contribution >= 0.6 is 12.4 Å². The second-order valence-electron chi connectivity index (χ2n) is 6.47. The molecule has 9 heteroatoms. The second kappa shape index (κ2) is 9.48. The molecule has 2 N–H and O–H groups in total. The van der Waals surface area contributed by atoms with Crippen molar-refractivity contribution in [3.05, 3.63) is 57.9 Å². The molecule has 8 nitrogen and oxygen atoms in total. The third-order valence-corrected chi connectivity index (χ3v) is 4.68. The quantitative estimate of drug-likeness (QED) is 0.580. The second-order valence-corrected chi connectivity index (χ2v) is 6.47. The predicted molar refractivity (Wildman–Crippen MR) is 104 cm³/mol. The van der Waals surface area contributed by atoms with Crippen LogP contribution in [0.25, 0.3) is 0 Å². The van der Waals surface area contributed by atoms with Gasteiger partial charge >= 0.3 is 0 Å². The number of carbonyl (C=O) groups excluding carboxylic acids is 1. The topological polar surface area (TPSA) is 102 Å². The molecule has 2 unspecified atom stereocenters. The average molecular weight is 394 g/mol. The Labute approximate surface area is 163 Å². The molecule has 1 aromatic heterocycles. The highest BCUT2D eigenvalue weighted by Gasteiger charge is 2.20. The fourth-order valence-corrected chi connectivity index (χ4v) is 3.23. The number of amides is 1. The van der Waals surface area contributed by atoms with Crippen molar-refractivity contribution in [2.45, 2.75) is 38.3 Å². The first-order chi connectivity index (χ1) is 12.6. The highest BCUT2D eigenvalue weighted by molar-refractivity contribution is 5.92. The number of benzene rings is 1. The maximum Gasteiger partial charge on any atom is 0.272 e. The minimum Gasteiger partial charge on any atom is -0.344 e. The Kier molecular flexibility index (Phi) is 7.32. The Hall–Kier alpha value is -2.45. The van der Waals surface area contributed by atoms with Gasteiger partial charge in [0.1, 0.15) is 5.69 Å². The highest BCUT2D eigenvalue weighted by Crippen LogP contribution is 2.22. The van der Waals surface area contributed by atoms with E-state index in [0.717, 1.165) is 25.9 Å². The van der Waals surface area contributed by atoms with Gasteiger partial charge in [-0.3, -0.25) is 19.6 Å². The van der Waals surface area contributed by atoms with Crippen LogP contribution in [0, 0.1) is 10.1 Å². The molecular formula is C18H24ClN5O3. The van der Waals surface area contributed by atoms with Gasteiger partial charge in [0.05, 0.1) is 17.0 Å². The van der Waals surface area contributed by atoms with Gasteiger partial charge in [-0.25, -0.2) is 0 Å². The molecule has 0 bridgehead atoms. The number of nitro benzene ring substituents is 1. The van der Waals surface area contributed by atoms with E-state index in [2.05, 4.69) is 15.7 Å². The summed E-state index contributed by atoms with van der Waals surface area (Å²) >= 11 is 0. The highest BCUT2D eigenvalue weighted by atomic mass is 35.5. The third kappa shape index (κ3) is 5.05. The van der Waals surface area contributed by atoms with Crippen molar-refractivity contribution in [2.24, 2.45) is 0 Å². The molecule has 1 aromatic carbocycles. The van der Waals surface area contributed by atoms with Crippen molar-refractivity contribution in [2.75, 3.05) is 13.1 Å². The molecule has 3 rings (SSSR count). The molecule has 1 saturated heterocycles. The number of rotatable bonds is 6. The van der Waals surface area contributed by atoms with Crippen molar-refractivity contribution in [1.29, 1.82) is 0 Å². The van der Waals surface area contributed by atoms with E-state index in [0.29, 0.717) is 17.7 Å². The van der Waals surface area contributed by atoms with Gasteiger partial charge in [0, 0.05) is 24.9 Å². The van der Waals surface area contributed by atoms with Crippen molar-refractivity contribution in [1.82, 2.24) is 20.4 Å². The van der Waals surface area contributed by atoms with Crippen LogP contribution in [0.5, 0.6) is 0 Å². The normalized spacial score (nSPS) is 17.6. The van der Waals surface area contributed by atoms with Crippen molar-refractivity contribution in [3.8, 4) is 0 Å². The van der Waals surface area contributed by atoms with Crippen LogP contribution < -0.4 is 10.6 Å². The fraction of sp³-hybridized carbons (Fsp3) is 0.444. The molecule has 1 aliphatic rings. The Morgan fingerprint density at radius 2 is 2.30 bits per heavy atom. The van der Waals surface area contributed by atoms with Gasteiger partial charge in [-0.1, -0.05) is 19.1 Å². The Morgan fingerprint density at radius 3 is 2.96 bits per heavy atom. The maximum atomic E-state index is 12.6. The Morgan fingerprint density at radius 1 is 1.48 bits per heavy atom. The molecule has 2 atom stereocenters. The first-order valence-electron chi connectivity index (χ1n) is 8.89. The van der Waals surface area contributed by atoms with Crippen LogP contribution in [-0.4, -0.2) is 33.7 Å². The number of piperidine rings is 1. The molecule has 2 heterocycles. The lowest BCUT2D eigenvalue weighted by Gasteiger charge is -2.23. The molecule has 0 aliphatic carbocycles. The van der Waals surface area contributed by atoms with Crippen LogP contribution in [0.15, 0.2) is 36.5 Å². The summed E-state index contributed by atoms with van der Waals surface area (Å²) in [5, 5.41) is 21.6. The molecule has 2 aromatic rings. The van der Waals surface area contributed by atoms with Gasteiger partial charge in [0.25, 0.3) is 11.6 Å². The minimum absolute atomic E-state index is 0. The lowest BCUT2D eigenvalue weighted by Crippen LogP contribution is -2.32. The standard InChI is InChI=1S/C18H23N5O3.ClH/c1-2-16(13-5-3-6-14(11-13)23(25)26)20-18(24)17-8-10-22(21-17)15-7-4-9-19-12-15;/h3,5-6,8,10-11,15-16,19H,2,4,7,9,12H2,1H3,(H,20,24);1H. The SMILES string of the molecule is CCC(NC(=O)c1ccn(C2CCCNC2)n1)c1cccc([N+](=O)[O-])c1.Cl. The molecule has 0 saturated carbocycles. The van der Waals surface area contributed by atoms with E-state index in [1.54, 1.807) is 18.2 Å². The number of nitro groups is 1. The van der Waals surface area contributed by atoms with Gasteiger partial charge in [-0.15, -0.1) is 12.4 Å². The summed E-state index contributed by atoms with van der Waals surface area (Å²) in [6.07, 6.45) is 4.60. The van der Waals surface area contributed by atoms with E-state index in [-0.39, 0.29) is 36.1 Å². The molecule has 146 valence electrons. The van der Waals surface area contributed by atoms with E-state index in [4.69, 9.17) is 0 Å². The van der Waals surface area contributed by atoms with Crippen molar-refractivity contribution in [3.63, 3.8) is 0 Å². The minimum atomic E-state index is -0.433. The van der Waals surface area contributed by atoms with Crippen LogP contribution in [0.3, 0.4) is 0 Å². The van der Waals surface area contributed by atoms with E-state index in [9.17, 15) is 14.9 Å². The molecule has 1 amide bonds. The van der Waals surface area contributed by atoms with E-state index in [1.165, 1.54) is 12.1 Å². The number of nitrogens with one attached hydrogen (secondary N) is 2. The largest absolute Gasteiger partial charge is 0.344 e. The van der Waals surface area contributed by atoms with Gasteiger partial charge in [0.2, 0.25) is 0 Å². The lowest BCUT2D eigenvalue weighted by molar-refractivity contribution is -0.384. The van der Waals surface area contributed by atoms with E-state index in [1.807, 2.05) is 17.8 Å². The summed E-state index contributed by atoms with van der Waals surface area (Å²) in [6, 6.07) is 8.04. The fourth-order valence-electron chi connectivity index (χ4n) is 3.23. The van der Waals surface area contributed by atoms with E-state index < -0.39 is 4.92 Å². The first-order valence-corrected chi connectivity index (χ1v) is 8.89. The first kappa shape index (κ1) is 20.9. The van der Waals surface area contributed by atoms with Crippen LogP contribution in [0.1, 0.15) is 54.3 Å². The number of nitrogens with zero attached hydrogens (tertiary/aromatic N) is 3. The molecule has 0 radical (unpaired) electrons. The summed E-state index contributed by atoms with van der Waals surface area (Å²) in [5.41, 5.74) is 1.09. The Bertz CT molecular complexity index is 789. The summed E-state index contributed by atoms with van der Waals surface area (Å²) in [7, 11) is 0. The molecular weight excluding hydrogens is 370 g/mol. The van der Waals surface area contributed by atoms with Gasteiger partial charge in [-0.05, 0) is 37.4 Å². The zero-order valence-electron chi connectivity index (χ0n) is 15.1. The number of halogens is 1. The summed E-state index contributed by atoms with van der Waals surface area (Å²) in [4.78, 5) is 23.1. The van der Waals surface area contributed by atoms with Gasteiger partial charge < -0.3 is 10.6 Å². The number of hydrogen-bond acceptors (Lipinski definition) is 5. The number of carbonyl (C=O) groups is 1. The summed E-state index contributed by atoms with van der Waals surface area (Å²) in [5.74, 6) is -0.272. The number of aromatic nitrogens is 2. The number of non-ortho nitro benzene ring substituents is 1. The molecule has 1 aliphatic heterocycles. The van der Waals surface area contributed by atoms with Gasteiger partial charge in [-0.2, -0.15) is 5.10 Å². The maximum absolute atomic E-state index is 12.6. The zero-order chi connectivity index (χ0) is 18.5. The average Bonchev–Trinajstić information content (AvgIpc) is 3.17. The van der Waals surface area contributed by atoms with E-state index >= 15 is 0 Å².